The molecule has 3 saturated heterocycles. The summed E-state index contributed by atoms with van der Waals surface area (Å²) < 4.78 is 4.99. The summed E-state index contributed by atoms with van der Waals surface area (Å²) in [6.45, 7) is 7.55. The first kappa shape index (κ1) is 19.3. The number of rotatable bonds is 6. The average molecular weight is 409 g/mol. The Hall–Kier alpha value is -2.71. The minimum atomic E-state index is -0.361. The predicted octanol–water partition coefficient (Wildman–Crippen LogP) is 2.40. The zero-order chi connectivity index (χ0) is 20.5. The largest absolute Gasteiger partial charge is 0.447 e. The summed E-state index contributed by atoms with van der Waals surface area (Å²) in [5, 5.41) is 6.88. The SMILES string of the molecule is CC(Nc1nccc(N2CCOC2=O)n1)c1ccc(CN2CCC3CNC3C2)cc1. The maximum atomic E-state index is 11.8. The highest BCUT2D eigenvalue weighted by atomic mass is 16.6. The van der Waals surface area contributed by atoms with E-state index >= 15 is 0 Å². The van der Waals surface area contributed by atoms with Crippen molar-refractivity contribution in [3.63, 3.8) is 0 Å². The number of fused-ring (bicyclic) bond motifs is 1. The van der Waals surface area contributed by atoms with Crippen molar-refractivity contribution in [1.82, 2.24) is 20.2 Å². The summed E-state index contributed by atoms with van der Waals surface area (Å²) in [4.78, 5) is 24.6. The molecule has 1 amide bonds. The summed E-state index contributed by atoms with van der Waals surface area (Å²) in [6, 6.07) is 11.2. The van der Waals surface area contributed by atoms with Gasteiger partial charge in [0, 0.05) is 25.3 Å². The molecular formula is C22H28N6O2. The van der Waals surface area contributed by atoms with E-state index in [1.807, 2.05) is 0 Å². The van der Waals surface area contributed by atoms with Gasteiger partial charge >= 0.3 is 6.09 Å². The first-order valence-corrected chi connectivity index (χ1v) is 10.7. The van der Waals surface area contributed by atoms with Crippen molar-refractivity contribution in [2.75, 3.05) is 43.0 Å². The number of amides is 1. The van der Waals surface area contributed by atoms with Crippen LogP contribution in [-0.2, 0) is 11.3 Å². The van der Waals surface area contributed by atoms with E-state index in [9.17, 15) is 4.79 Å². The predicted molar refractivity (Wildman–Crippen MR) is 114 cm³/mol. The third-order valence-electron chi connectivity index (χ3n) is 6.39. The zero-order valence-electron chi connectivity index (χ0n) is 17.3. The van der Waals surface area contributed by atoms with Gasteiger partial charge in [-0.15, -0.1) is 0 Å². The van der Waals surface area contributed by atoms with E-state index in [0.29, 0.717) is 31.0 Å². The highest BCUT2D eigenvalue weighted by molar-refractivity contribution is 5.88. The standard InChI is InChI=1S/C22H28N6O2/c1-15(25-21-23-8-6-20(26-21)28-10-11-30-22(28)29)17-4-2-16(3-5-17)13-27-9-7-18-12-24-19(18)14-27/h2-6,8,15,18-19,24H,7,9-14H2,1H3,(H,23,25,26). The van der Waals surface area contributed by atoms with Crippen molar-refractivity contribution in [3.8, 4) is 0 Å². The molecule has 3 aliphatic heterocycles. The van der Waals surface area contributed by atoms with Gasteiger partial charge in [0.2, 0.25) is 5.95 Å². The van der Waals surface area contributed by atoms with E-state index in [1.165, 1.54) is 35.5 Å². The van der Waals surface area contributed by atoms with Crippen LogP contribution in [0.25, 0.3) is 0 Å². The minimum absolute atomic E-state index is 0.0507. The van der Waals surface area contributed by atoms with Crippen molar-refractivity contribution in [3.05, 3.63) is 47.7 Å². The topological polar surface area (TPSA) is 82.6 Å². The average Bonchev–Trinajstić information content (AvgIpc) is 3.17. The number of cyclic esters (lactones) is 1. The van der Waals surface area contributed by atoms with E-state index in [2.05, 4.69) is 56.7 Å². The van der Waals surface area contributed by atoms with Crippen LogP contribution in [0.2, 0.25) is 0 Å². The number of nitrogens with one attached hydrogen (secondary N) is 2. The molecular weight excluding hydrogens is 380 g/mol. The van der Waals surface area contributed by atoms with Gasteiger partial charge in [-0.2, -0.15) is 4.98 Å². The van der Waals surface area contributed by atoms with E-state index < -0.39 is 0 Å². The summed E-state index contributed by atoms with van der Waals surface area (Å²) in [5.74, 6) is 1.95. The Kier molecular flexibility index (Phi) is 5.26. The normalized spacial score (nSPS) is 24.7. The lowest BCUT2D eigenvalue weighted by molar-refractivity contribution is 0.0806. The van der Waals surface area contributed by atoms with E-state index in [4.69, 9.17) is 4.74 Å². The number of carbonyl (C=O) groups is 1. The monoisotopic (exact) mass is 408 g/mol. The van der Waals surface area contributed by atoms with Crippen LogP contribution in [0.1, 0.15) is 30.5 Å². The molecule has 0 radical (unpaired) electrons. The molecule has 3 aliphatic rings. The third kappa shape index (κ3) is 3.97. The van der Waals surface area contributed by atoms with E-state index in [1.54, 1.807) is 12.3 Å². The highest BCUT2D eigenvalue weighted by Crippen LogP contribution is 2.25. The van der Waals surface area contributed by atoms with Crippen LogP contribution in [-0.4, -0.2) is 59.8 Å². The molecule has 1 aromatic carbocycles. The van der Waals surface area contributed by atoms with Crippen molar-refractivity contribution in [2.24, 2.45) is 5.92 Å². The summed E-state index contributed by atoms with van der Waals surface area (Å²) in [7, 11) is 0. The van der Waals surface area contributed by atoms with Crippen LogP contribution < -0.4 is 15.5 Å². The number of benzene rings is 1. The van der Waals surface area contributed by atoms with Gasteiger partial charge in [-0.1, -0.05) is 24.3 Å². The molecule has 3 unspecified atom stereocenters. The zero-order valence-corrected chi connectivity index (χ0v) is 17.3. The maximum Gasteiger partial charge on any atom is 0.415 e. The molecule has 0 bridgehead atoms. The van der Waals surface area contributed by atoms with Crippen LogP contribution >= 0.6 is 0 Å². The lowest BCUT2D eigenvalue weighted by atomic mass is 9.85. The fraction of sp³-hybridized carbons (Fsp3) is 0.500. The number of hydrogen-bond donors (Lipinski definition) is 2. The second kappa shape index (κ2) is 8.20. The van der Waals surface area contributed by atoms with Gasteiger partial charge in [0.1, 0.15) is 12.4 Å². The number of piperidine rings is 1. The molecule has 8 heteroatoms. The van der Waals surface area contributed by atoms with Crippen molar-refractivity contribution in [2.45, 2.75) is 32.0 Å². The van der Waals surface area contributed by atoms with Crippen LogP contribution in [0.5, 0.6) is 0 Å². The van der Waals surface area contributed by atoms with Gasteiger partial charge in [-0.25, -0.2) is 9.78 Å². The van der Waals surface area contributed by atoms with Crippen LogP contribution in [0, 0.1) is 5.92 Å². The lowest BCUT2D eigenvalue weighted by Crippen LogP contribution is -2.61. The molecule has 0 spiro atoms. The Balaban J connectivity index is 1.19. The smallest absolute Gasteiger partial charge is 0.415 e. The van der Waals surface area contributed by atoms with Gasteiger partial charge in [-0.3, -0.25) is 9.80 Å². The molecule has 30 heavy (non-hydrogen) atoms. The minimum Gasteiger partial charge on any atom is -0.447 e. The summed E-state index contributed by atoms with van der Waals surface area (Å²) in [6.07, 6.45) is 2.61. The molecule has 2 N–H and O–H groups in total. The fourth-order valence-corrected chi connectivity index (χ4v) is 4.45. The molecule has 3 atom stereocenters. The van der Waals surface area contributed by atoms with Gasteiger partial charge in [0.15, 0.2) is 0 Å². The second-order valence-electron chi connectivity index (χ2n) is 8.41. The van der Waals surface area contributed by atoms with Crippen LogP contribution in [0.3, 0.4) is 0 Å². The van der Waals surface area contributed by atoms with Gasteiger partial charge in [0.25, 0.3) is 0 Å². The third-order valence-corrected chi connectivity index (χ3v) is 6.39. The van der Waals surface area contributed by atoms with Crippen molar-refractivity contribution < 1.29 is 9.53 Å². The van der Waals surface area contributed by atoms with E-state index in [0.717, 1.165) is 19.0 Å². The lowest BCUT2D eigenvalue weighted by Gasteiger charge is -2.46. The molecule has 0 saturated carbocycles. The molecule has 4 heterocycles. The Morgan fingerprint density at radius 1 is 1.27 bits per heavy atom. The molecule has 158 valence electrons. The van der Waals surface area contributed by atoms with Crippen LogP contribution in [0.4, 0.5) is 16.6 Å². The molecule has 0 aliphatic carbocycles. The number of likely N-dealkylation sites (tertiary alicyclic amines) is 1. The Morgan fingerprint density at radius 2 is 2.13 bits per heavy atom. The molecule has 5 rings (SSSR count). The Bertz CT molecular complexity index is 905. The Labute approximate surface area is 176 Å². The molecule has 3 fully saturated rings. The summed E-state index contributed by atoms with van der Waals surface area (Å²) in [5.41, 5.74) is 2.52. The molecule has 1 aromatic heterocycles. The fourth-order valence-electron chi connectivity index (χ4n) is 4.45. The number of ether oxygens (including phenoxy) is 1. The first-order chi connectivity index (χ1) is 14.7. The Morgan fingerprint density at radius 3 is 2.83 bits per heavy atom. The van der Waals surface area contributed by atoms with Gasteiger partial charge in [-0.05, 0) is 49.5 Å². The quantitative estimate of drug-likeness (QED) is 0.759. The second-order valence-corrected chi connectivity index (χ2v) is 8.41. The van der Waals surface area contributed by atoms with Crippen molar-refractivity contribution in [1.29, 1.82) is 0 Å². The number of anilines is 2. The maximum absolute atomic E-state index is 11.8. The number of carbonyl (C=O) groups excluding carboxylic acids is 1. The van der Waals surface area contributed by atoms with Crippen molar-refractivity contribution >= 4 is 17.9 Å². The van der Waals surface area contributed by atoms with Gasteiger partial charge < -0.3 is 15.4 Å². The number of aromatic nitrogens is 2. The first-order valence-electron chi connectivity index (χ1n) is 10.7. The molecule has 2 aromatic rings. The van der Waals surface area contributed by atoms with Gasteiger partial charge in [0.05, 0.1) is 12.6 Å². The van der Waals surface area contributed by atoms with E-state index in [-0.39, 0.29) is 12.1 Å². The number of nitrogens with zero attached hydrogens (tertiary/aromatic N) is 4. The van der Waals surface area contributed by atoms with Crippen LogP contribution in [0.15, 0.2) is 36.5 Å². The summed E-state index contributed by atoms with van der Waals surface area (Å²) >= 11 is 0. The molecule has 8 nitrogen and oxygen atoms in total. The highest BCUT2D eigenvalue weighted by Gasteiger charge is 2.35. The number of hydrogen-bond acceptors (Lipinski definition) is 7.